The molecule has 0 atom stereocenters. The van der Waals surface area contributed by atoms with Crippen molar-refractivity contribution in [3.8, 4) is 17.1 Å². The van der Waals surface area contributed by atoms with Gasteiger partial charge in [0, 0.05) is 28.8 Å². The standard InChI is InChI=1S/C20H19BrClN5/c21-14-4-5-15(17(12-14)26-10-8-20(6-7-20)9-11-26)16-13-27(25-24-16)19-3-1-2-18(22)23-19/h1-5,12-13H,6-11H2. The van der Waals surface area contributed by atoms with Gasteiger partial charge in [-0.25, -0.2) is 9.67 Å². The zero-order valence-corrected chi connectivity index (χ0v) is 17.1. The van der Waals surface area contributed by atoms with Gasteiger partial charge in [0.1, 0.15) is 10.8 Å². The van der Waals surface area contributed by atoms with Crippen molar-refractivity contribution >= 4 is 33.2 Å². The van der Waals surface area contributed by atoms with Crippen LogP contribution in [-0.2, 0) is 0 Å². The highest BCUT2D eigenvalue weighted by Crippen LogP contribution is 2.54. The molecular weight excluding hydrogens is 426 g/mol. The Morgan fingerprint density at radius 3 is 2.59 bits per heavy atom. The van der Waals surface area contributed by atoms with Crippen molar-refractivity contribution in [2.45, 2.75) is 25.7 Å². The second-order valence-electron chi connectivity index (χ2n) is 7.52. The first-order valence-corrected chi connectivity index (χ1v) is 10.4. The molecule has 0 radical (unpaired) electrons. The Kier molecular flexibility index (Phi) is 4.20. The second-order valence-corrected chi connectivity index (χ2v) is 8.82. The van der Waals surface area contributed by atoms with Crippen LogP contribution in [0.4, 0.5) is 5.69 Å². The molecule has 1 aliphatic carbocycles. The molecule has 0 N–H and O–H groups in total. The number of piperidine rings is 1. The minimum Gasteiger partial charge on any atom is -0.371 e. The van der Waals surface area contributed by atoms with Crippen molar-refractivity contribution in [3.05, 3.63) is 52.2 Å². The van der Waals surface area contributed by atoms with Crippen LogP contribution in [0.1, 0.15) is 25.7 Å². The van der Waals surface area contributed by atoms with Crippen molar-refractivity contribution in [3.63, 3.8) is 0 Å². The minimum atomic E-state index is 0.441. The average Bonchev–Trinajstić information content (AvgIpc) is 3.24. The van der Waals surface area contributed by atoms with E-state index < -0.39 is 0 Å². The Labute approximate surface area is 171 Å². The van der Waals surface area contributed by atoms with E-state index in [9.17, 15) is 0 Å². The molecule has 0 amide bonds. The van der Waals surface area contributed by atoms with Crippen LogP contribution < -0.4 is 4.90 Å². The SMILES string of the molecule is Clc1cccc(-n2cc(-c3ccc(Br)cc3N3CCC4(CC3)CC4)nn2)n1. The van der Waals surface area contributed by atoms with Crippen LogP contribution in [0.5, 0.6) is 0 Å². The lowest BCUT2D eigenvalue weighted by Crippen LogP contribution is -2.34. The number of benzene rings is 1. The van der Waals surface area contributed by atoms with Gasteiger partial charge in [0.15, 0.2) is 5.82 Å². The van der Waals surface area contributed by atoms with Crippen molar-refractivity contribution in [1.29, 1.82) is 0 Å². The summed E-state index contributed by atoms with van der Waals surface area (Å²) in [7, 11) is 0. The van der Waals surface area contributed by atoms with Crippen LogP contribution in [0.25, 0.3) is 17.1 Å². The van der Waals surface area contributed by atoms with Crippen molar-refractivity contribution in [2.24, 2.45) is 5.41 Å². The summed E-state index contributed by atoms with van der Waals surface area (Å²) >= 11 is 9.63. The highest BCUT2D eigenvalue weighted by Gasteiger charge is 2.44. The minimum absolute atomic E-state index is 0.441. The molecule has 0 bridgehead atoms. The van der Waals surface area contributed by atoms with Gasteiger partial charge in [0.2, 0.25) is 0 Å². The van der Waals surface area contributed by atoms with Crippen LogP contribution >= 0.6 is 27.5 Å². The number of hydrogen-bond donors (Lipinski definition) is 0. The average molecular weight is 445 g/mol. The van der Waals surface area contributed by atoms with Gasteiger partial charge in [-0.15, -0.1) is 5.10 Å². The Morgan fingerprint density at radius 1 is 1.04 bits per heavy atom. The van der Waals surface area contributed by atoms with E-state index in [-0.39, 0.29) is 0 Å². The van der Waals surface area contributed by atoms with Gasteiger partial charge in [0.05, 0.1) is 6.20 Å². The molecule has 3 heterocycles. The summed E-state index contributed by atoms with van der Waals surface area (Å²) in [4.78, 5) is 6.79. The molecule has 1 aromatic carbocycles. The summed E-state index contributed by atoms with van der Waals surface area (Å²) in [5.41, 5.74) is 3.81. The summed E-state index contributed by atoms with van der Waals surface area (Å²) < 4.78 is 2.75. The third kappa shape index (κ3) is 3.36. The number of hydrogen-bond acceptors (Lipinski definition) is 4. The highest BCUT2D eigenvalue weighted by atomic mass is 79.9. The fraction of sp³-hybridized carbons (Fsp3) is 0.350. The molecule has 1 saturated carbocycles. The number of aromatic nitrogens is 4. The molecule has 2 fully saturated rings. The second kappa shape index (κ2) is 6.60. The Hall–Kier alpha value is -1.92. The maximum atomic E-state index is 6.01. The predicted molar refractivity (Wildman–Crippen MR) is 110 cm³/mol. The lowest BCUT2D eigenvalue weighted by Gasteiger charge is -2.35. The van der Waals surface area contributed by atoms with Gasteiger partial charge in [-0.2, -0.15) is 0 Å². The molecule has 5 nitrogen and oxygen atoms in total. The molecule has 0 unspecified atom stereocenters. The summed E-state index contributed by atoms with van der Waals surface area (Å²) in [5.74, 6) is 0.661. The molecule has 138 valence electrons. The smallest absolute Gasteiger partial charge is 0.156 e. The summed E-state index contributed by atoms with van der Waals surface area (Å²) in [6.07, 6.45) is 7.31. The molecule has 1 saturated heterocycles. The fourth-order valence-electron chi connectivity index (χ4n) is 3.91. The van der Waals surface area contributed by atoms with E-state index in [1.54, 1.807) is 10.7 Å². The third-order valence-corrected chi connectivity index (χ3v) is 6.49. The van der Waals surface area contributed by atoms with Gasteiger partial charge in [-0.3, -0.25) is 0 Å². The fourth-order valence-corrected chi connectivity index (χ4v) is 4.41. The van der Waals surface area contributed by atoms with Crippen molar-refractivity contribution in [1.82, 2.24) is 20.0 Å². The predicted octanol–water partition coefficient (Wildman–Crippen LogP) is 5.13. The number of rotatable bonds is 3. The van der Waals surface area contributed by atoms with Gasteiger partial charge in [-0.05, 0) is 61.4 Å². The summed E-state index contributed by atoms with van der Waals surface area (Å²) in [6.45, 7) is 2.21. The largest absolute Gasteiger partial charge is 0.371 e. The molecule has 2 aromatic heterocycles. The number of pyridine rings is 1. The van der Waals surface area contributed by atoms with E-state index in [2.05, 4.69) is 54.3 Å². The first-order chi connectivity index (χ1) is 13.1. The van der Waals surface area contributed by atoms with Crippen LogP contribution in [-0.4, -0.2) is 33.1 Å². The highest BCUT2D eigenvalue weighted by molar-refractivity contribution is 9.10. The quantitative estimate of drug-likeness (QED) is 0.526. The number of nitrogens with zero attached hydrogens (tertiary/aromatic N) is 5. The maximum Gasteiger partial charge on any atom is 0.156 e. The van der Waals surface area contributed by atoms with E-state index in [0.29, 0.717) is 16.4 Å². The molecule has 27 heavy (non-hydrogen) atoms. The first-order valence-electron chi connectivity index (χ1n) is 9.22. The van der Waals surface area contributed by atoms with E-state index >= 15 is 0 Å². The van der Waals surface area contributed by atoms with E-state index in [1.165, 1.54) is 31.4 Å². The molecule has 5 rings (SSSR count). The molecule has 2 aliphatic rings. The lowest BCUT2D eigenvalue weighted by molar-refractivity contribution is 0.384. The van der Waals surface area contributed by atoms with Gasteiger partial charge < -0.3 is 4.90 Å². The molecule has 3 aromatic rings. The summed E-state index contributed by atoms with van der Waals surface area (Å²) in [5, 5.41) is 9.11. The zero-order valence-electron chi connectivity index (χ0n) is 14.8. The number of halogens is 2. The van der Waals surface area contributed by atoms with Crippen LogP contribution in [0.3, 0.4) is 0 Å². The van der Waals surface area contributed by atoms with Gasteiger partial charge in [0.25, 0.3) is 0 Å². The van der Waals surface area contributed by atoms with Crippen LogP contribution in [0.15, 0.2) is 47.1 Å². The molecule has 1 spiro atoms. The lowest BCUT2D eigenvalue weighted by atomic mass is 9.93. The normalized spacial score (nSPS) is 18.1. The molecular formula is C20H19BrClN5. The third-order valence-electron chi connectivity index (χ3n) is 5.79. The Bertz CT molecular complexity index is 988. The molecule has 1 aliphatic heterocycles. The van der Waals surface area contributed by atoms with Crippen LogP contribution in [0, 0.1) is 5.41 Å². The topological polar surface area (TPSA) is 46.8 Å². The van der Waals surface area contributed by atoms with Crippen molar-refractivity contribution in [2.75, 3.05) is 18.0 Å². The Balaban J connectivity index is 1.48. The van der Waals surface area contributed by atoms with E-state index in [4.69, 9.17) is 11.6 Å². The van der Waals surface area contributed by atoms with Crippen LogP contribution in [0.2, 0.25) is 5.15 Å². The number of anilines is 1. The summed E-state index contributed by atoms with van der Waals surface area (Å²) in [6, 6.07) is 11.8. The van der Waals surface area contributed by atoms with E-state index in [1.807, 2.05) is 18.3 Å². The zero-order chi connectivity index (χ0) is 18.4. The van der Waals surface area contributed by atoms with Crippen molar-refractivity contribution < 1.29 is 0 Å². The van der Waals surface area contributed by atoms with Gasteiger partial charge in [-0.1, -0.05) is 38.8 Å². The van der Waals surface area contributed by atoms with E-state index in [0.717, 1.165) is 28.8 Å². The molecule has 7 heteroatoms. The first kappa shape index (κ1) is 17.2. The maximum absolute atomic E-state index is 6.01. The Morgan fingerprint density at radius 2 is 1.85 bits per heavy atom. The monoisotopic (exact) mass is 443 g/mol. The van der Waals surface area contributed by atoms with Gasteiger partial charge >= 0.3 is 0 Å².